The SMILES string of the molecule is CCCCCCCCCCCCCCCCCCCCCC(=O)OC[C@H](COC(=O)CCCCCCCCC)OC(=O)CCCCCCCCCCCCCCCCC. The number of hydrogen-bond acceptors (Lipinski definition) is 6. The molecule has 0 saturated heterocycles. The molecule has 0 aromatic rings. The van der Waals surface area contributed by atoms with Crippen molar-refractivity contribution in [1.82, 2.24) is 0 Å². The molecule has 0 aromatic carbocycles. The Morgan fingerprint density at radius 3 is 0.678 bits per heavy atom. The summed E-state index contributed by atoms with van der Waals surface area (Å²) in [6.45, 7) is 6.65. The second-order valence-electron chi connectivity index (χ2n) is 18.2. The average molecular weight is 835 g/mol. The fourth-order valence-electron chi connectivity index (χ4n) is 8.09. The lowest BCUT2D eigenvalue weighted by molar-refractivity contribution is -0.167. The lowest BCUT2D eigenvalue weighted by atomic mass is 10.0. The van der Waals surface area contributed by atoms with Gasteiger partial charge in [0.1, 0.15) is 13.2 Å². The summed E-state index contributed by atoms with van der Waals surface area (Å²) < 4.78 is 16.8. The largest absolute Gasteiger partial charge is 0.462 e. The van der Waals surface area contributed by atoms with Crippen LogP contribution in [0.5, 0.6) is 0 Å². The van der Waals surface area contributed by atoms with Gasteiger partial charge in [0, 0.05) is 19.3 Å². The van der Waals surface area contributed by atoms with Crippen molar-refractivity contribution in [3.05, 3.63) is 0 Å². The molecule has 0 aliphatic carbocycles. The molecule has 0 aromatic heterocycles. The first-order chi connectivity index (χ1) is 29.0. The van der Waals surface area contributed by atoms with E-state index >= 15 is 0 Å². The first-order valence-electron chi connectivity index (χ1n) is 26.5. The monoisotopic (exact) mass is 835 g/mol. The molecule has 0 heterocycles. The Labute approximate surface area is 368 Å². The molecule has 0 spiro atoms. The van der Waals surface area contributed by atoms with Gasteiger partial charge in [-0.25, -0.2) is 0 Å². The highest BCUT2D eigenvalue weighted by atomic mass is 16.6. The van der Waals surface area contributed by atoms with Gasteiger partial charge in [-0.05, 0) is 19.3 Å². The Balaban J connectivity index is 4.16. The fraction of sp³-hybridized carbons (Fsp3) is 0.943. The highest BCUT2D eigenvalue weighted by Crippen LogP contribution is 2.17. The molecule has 0 amide bonds. The maximum atomic E-state index is 12.8. The minimum absolute atomic E-state index is 0.0622. The standard InChI is InChI=1S/C53H102O6/c1-4-7-10-13-16-18-20-22-24-25-26-27-29-30-32-34-37-40-43-46-52(55)58-49-50(48-57-51(54)45-42-39-36-15-12-9-6-3)59-53(56)47-44-41-38-35-33-31-28-23-21-19-17-14-11-8-5-2/h50H,4-49H2,1-3H3/t50-/m0/s1. The van der Waals surface area contributed by atoms with E-state index in [2.05, 4.69) is 20.8 Å². The molecule has 0 aliphatic heterocycles. The van der Waals surface area contributed by atoms with Gasteiger partial charge in [0.25, 0.3) is 0 Å². The van der Waals surface area contributed by atoms with Crippen molar-refractivity contribution in [2.75, 3.05) is 13.2 Å². The summed E-state index contributed by atoms with van der Waals surface area (Å²) in [5.74, 6) is -0.847. The van der Waals surface area contributed by atoms with Gasteiger partial charge in [0.05, 0.1) is 0 Å². The van der Waals surface area contributed by atoms with Crippen LogP contribution in [0.4, 0.5) is 0 Å². The number of rotatable bonds is 49. The lowest BCUT2D eigenvalue weighted by Crippen LogP contribution is -2.30. The number of esters is 3. The maximum Gasteiger partial charge on any atom is 0.306 e. The third-order valence-electron chi connectivity index (χ3n) is 12.1. The summed E-state index contributed by atoms with van der Waals surface area (Å²) in [6.07, 6.45) is 52.5. The van der Waals surface area contributed by atoms with Crippen molar-refractivity contribution >= 4 is 17.9 Å². The quantitative estimate of drug-likeness (QED) is 0.0345. The molecule has 0 N–H and O–H groups in total. The van der Waals surface area contributed by atoms with Crippen LogP contribution in [0.2, 0.25) is 0 Å². The first-order valence-corrected chi connectivity index (χ1v) is 26.5. The molecular formula is C53H102O6. The molecule has 0 saturated carbocycles. The molecule has 59 heavy (non-hydrogen) atoms. The summed E-state index contributed by atoms with van der Waals surface area (Å²) in [5.41, 5.74) is 0. The second kappa shape index (κ2) is 49.1. The number of carbonyl (C=O) groups is 3. The van der Waals surface area contributed by atoms with Crippen molar-refractivity contribution in [3.63, 3.8) is 0 Å². The molecular weight excluding hydrogens is 733 g/mol. The minimum atomic E-state index is -0.758. The zero-order chi connectivity index (χ0) is 43.0. The van der Waals surface area contributed by atoms with Crippen LogP contribution in [0.1, 0.15) is 303 Å². The molecule has 0 fully saturated rings. The summed E-state index contributed by atoms with van der Waals surface area (Å²) in [4.78, 5) is 37.8. The zero-order valence-electron chi connectivity index (χ0n) is 40.1. The highest BCUT2D eigenvalue weighted by molar-refractivity contribution is 5.71. The molecule has 0 radical (unpaired) electrons. The molecule has 0 bridgehead atoms. The van der Waals surface area contributed by atoms with Crippen LogP contribution < -0.4 is 0 Å². The van der Waals surface area contributed by atoms with Gasteiger partial charge < -0.3 is 14.2 Å². The molecule has 0 rings (SSSR count). The summed E-state index contributed by atoms with van der Waals surface area (Å²) in [7, 11) is 0. The normalized spacial score (nSPS) is 11.8. The smallest absolute Gasteiger partial charge is 0.306 e. The average Bonchev–Trinajstić information content (AvgIpc) is 3.23. The third kappa shape index (κ3) is 47.3. The summed E-state index contributed by atoms with van der Waals surface area (Å²) in [5, 5.41) is 0. The minimum Gasteiger partial charge on any atom is -0.462 e. The number of ether oxygens (including phenoxy) is 3. The number of carbonyl (C=O) groups excluding carboxylic acids is 3. The summed E-state index contributed by atoms with van der Waals surface area (Å²) >= 11 is 0. The van der Waals surface area contributed by atoms with Crippen LogP contribution in [0, 0.1) is 0 Å². The van der Waals surface area contributed by atoms with Crippen LogP contribution >= 0.6 is 0 Å². The van der Waals surface area contributed by atoms with Crippen LogP contribution in [0.25, 0.3) is 0 Å². The van der Waals surface area contributed by atoms with Crippen LogP contribution in [-0.2, 0) is 28.6 Å². The van der Waals surface area contributed by atoms with E-state index in [4.69, 9.17) is 14.2 Å². The van der Waals surface area contributed by atoms with E-state index in [1.54, 1.807) is 0 Å². The maximum absolute atomic E-state index is 12.8. The van der Waals surface area contributed by atoms with Gasteiger partial charge in [0.15, 0.2) is 6.10 Å². The van der Waals surface area contributed by atoms with Crippen molar-refractivity contribution < 1.29 is 28.6 Å². The Morgan fingerprint density at radius 2 is 0.458 bits per heavy atom. The molecule has 350 valence electrons. The van der Waals surface area contributed by atoms with E-state index in [1.807, 2.05) is 0 Å². The molecule has 0 unspecified atom stereocenters. The van der Waals surface area contributed by atoms with E-state index in [1.165, 1.54) is 205 Å². The number of unbranched alkanes of at least 4 members (excludes halogenated alkanes) is 38. The number of hydrogen-bond donors (Lipinski definition) is 0. The van der Waals surface area contributed by atoms with Crippen molar-refractivity contribution in [2.45, 2.75) is 309 Å². The highest BCUT2D eigenvalue weighted by Gasteiger charge is 2.19. The predicted octanol–water partition coefficient (Wildman–Crippen LogP) is 17.2. The van der Waals surface area contributed by atoms with Gasteiger partial charge in [-0.15, -0.1) is 0 Å². The van der Waals surface area contributed by atoms with E-state index in [9.17, 15) is 14.4 Å². The van der Waals surface area contributed by atoms with E-state index < -0.39 is 6.10 Å². The van der Waals surface area contributed by atoms with E-state index in [0.717, 1.165) is 57.8 Å². The molecule has 6 nitrogen and oxygen atoms in total. The Hall–Kier alpha value is -1.59. The van der Waals surface area contributed by atoms with Gasteiger partial charge in [-0.3, -0.25) is 14.4 Å². The fourth-order valence-corrected chi connectivity index (χ4v) is 8.09. The van der Waals surface area contributed by atoms with Gasteiger partial charge in [-0.1, -0.05) is 265 Å². The van der Waals surface area contributed by atoms with Crippen LogP contribution in [0.15, 0.2) is 0 Å². The van der Waals surface area contributed by atoms with Crippen molar-refractivity contribution in [3.8, 4) is 0 Å². The Morgan fingerprint density at radius 1 is 0.271 bits per heavy atom. The lowest BCUT2D eigenvalue weighted by Gasteiger charge is -2.18. The topological polar surface area (TPSA) is 78.9 Å². The molecule has 1 atom stereocenters. The predicted molar refractivity (Wildman–Crippen MR) is 252 cm³/mol. The van der Waals surface area contributed by atoms with Gasteiger partial charge in [-0.2, -0.15) is 0 Å². The van der Waals surface area contributed by atoms with Gasteiger partial charge in [0.2, 0.25) is 0 Å². The first kappa shape index (κ1) is 57.4. The third-order valence-corrected chi connectivity index (χ3v) is 12.1. The van der Waals surface area contributed by atoms with Gasteiger partial charge >= 0.3 is 17.9 Å². The molecule has 6 heteroatoms. The Bertz CT molecular complexity index is 874. The molecule has 0 aliphatic rings. The van der Waals surface area contributed by atoms with Crippen LogP contribution in [0.3, 0.4) is 0 Å². The van der Waals surface area contributed by atoms with Crippen LogP contribution in [-0.4, -0.2) is 37.2 Å². The van der Waals surface area contributed by atoms with E-state index in [0.29, 0.717) is 19.3 Å². The van der Waals surface area contributed by atoms with Crippen molar-refractivity contribution in [2.24, 2.45) is 0 Å². The zero-order valence-corrected chi connectivity index (χ0v) is 40.1. The summed E-state index contributed by atoms with van der Waals surface area (Å²) in [6, 6.07) is 0. The second-order valence-corrected chi connectivity index (χ2v) is 18.2. The van der Waals surface area contributed by atoms with Crippen molar-refractivity contribution in [1.29, 1.82) is 0 Å². The van der Waals surface area contributed by atoms with E-state index in [-0.39, 0.29) is 31.1 Å². The Kier molecular flexibility index (Phi) is 47.7.